The van der Waals surface area contributed by atoms with E-state index in [0.717, 1.165) is 24.2 Å². The summed E-state index contributed by atoms with van der Waals surface area (Å²) >= 11 is 7.82. The Kier molecular flexibility index (Phi) is 3.52. The molecule has 1 aromatic heterocycles. The molecule has 1 aliphatic heterocycles. The van der Waals surface area contributed by atoms with Crippen molar-refractivity contribution in [2.24, 2.45) is 5.73 Å². The number of rotatable bonds is 2. The second-order valence-electron chi connectivity index (χ2n) is 4.79. The fourth-order valence-electron chi connectivity index (χ4n) is 2.41. The third-order valence-corrected chi connectivity index (χ3v) is 5.01. The molecule has 19 heavy (non-hydrogen) atoms. The molecule has 2 heterocycles. The van der Waals surface area contributed by atoms with E-state index < -0.39 is 0 Å². The summed E-state index contributed by atoms with van der Waals surface area (Å²) in [6.45, 7) is 2.17. The summed E-state index contributed by atoms with van der Waals surface area (Å²) in [6.07, 6.45) is 1.93. The van der Waals surface area contributed by atoms with E-state index in [1.165, 1.54) is 9.75 Å². The lowest BCUT2D eigenvalue weighted by molar-refractivity contribution is 0.165. The standard InChI is InChI=1S/C15H16ClNOS/c1-2-10-4-6-15(19-10)14-8-12(17)11-7-9(16)3-5-13(11)18-14/h3-7,12,14H,2,8,17H2,1H3/t12-,14?/m1/s1. The summed E-state index contributed by atoms with van der Waals surface area (Å²) in [5, 5.41) is 0.709. The molecule has 2 aromatic rings. The van der Waals surface area contributed by atoms with Crippen molar-refractivity contribution < 1.29 is 4.74 Å². The van der Waals surface area contributed by atoms with Crippen LogP contribution in [0.3, 0.4) is 0 Å². The van der Waals surface area contributed by atoms with Gasteiger partial charge in [0.05, 0.1) is 0 Å². The third-order valence-electron chi connectivity index (χ3n) is 3.46. The molecule has 3 rings (SSSR count). The van der Waals surface area contributed by atoms with Gasteiger partial charge in [-0.2, -0.15) is 0 Å². The minimum atomic E-state index is -0.0142. The smallest absolute Gasteiger partial charge is 0.135 e. The van der Waals surface area contributed by atoms with E-state index in [1.54, 1.807) is 0 Å². The Bertz CT molecular complexity index is 596. The zero-order chi connectivity index (χ0) is 13.4. The SMILES string of the molecule is CCc1ccc(C2C[C@@H](N)c3cc(Cl)ccc3O2)s1. The number of thiophene rings is 1. The number of fused-ring (bicyclic) bond motifs is 1. The molecule has 0 aliphatic carbocycles. The molecule has 2 nitrogen and oxygen atoms in total. The maximum atomic E-state index is 6.25. The van der Waals surface area contributed by atoms with Gasteiger partial charge in [0.25, 0.3) is 0 Å². The van der Waals surface area contributed by atoms with E-state index in [1.807, 2.05) is 29.5 Å². The average molecular weight is 294 g/mol. The highest BCUT2D eigenvalue weighted by molar-refractivity contribution is 7.12. The number of aryl methyl sites for hydroxylation is 1. The molecular formula is C15H16ClNOS. The number of nitrogens with two attached hydrogens (primary N) is 1. The van der Waals surface area contributed by atoms with Gasteiger partial charge in [0.15, 0.2) is 0 Å². The Morgan fingerprint density at radius 3 is 2.95 bits per heavy atom. The van der Waals surface area contributed by atoms with Crippen molar-refractivity contribution in [1.29, 1.82) is 0 Å². The van der Waals surface area contributed by atoms with Crippen molar-refractivity contribution >= 4 is 22.9 Å². The fourth-order valence-corrected chi connectivity index (χ4v) is 3.58. The molecule has 4 heteroatoms. The van der Waals surface area contributed by atoms with Crippen LogP contribution in [0.4, 0.5) is 0 Å². The molecule has 0 radical (unpaired) electrons. The van der Waals surface area contributed by atoms with Crippen molar-refractivity contribution in [3.05, 3.63) is 50.7 Å². The summed E-state index contributed by atoms with van der Waals surface area (Å²) in [5.74, 6) is 0.861. The van der Waals surface area contributed by atoms with Crippen LogP contribution in [0.2, 0.25) is 5.02 Å². The first-order chi connectivity index (χ1) is 9.17. The van der Waals surface area contributed by atoms with Crippen molar-refractivity contribution in [2.45, 2.75) is 31.9 Å². The Labute approximate surface area is 122 Å². The number of halogens is 1. The van der Waals surface area contributed by atoms with Gasteiger partial charge in [0, 0.05) is 32.8 Å². The van der Waals surface area contributed by atoms with Crippen LogP contribution >= 0.6 is 22.9 Å². The average Bonchev–Trinajstić information content (AvgIpc) is 2.88. The van der Waals surface area contributed by atoms with Crippen LogP contribution in [0.1, 0.15) is 40.8 Å². The van der Waals surface area contributed by atoms with E-state index in [9.17, 15) is 0 Å². The lowest BCUT2D eigenvalue weighted by Crippen LogP contribution is -2.23. The highest BCUT2D eigenvalue weighted by atomic mass is 35.5. The summed E-state index contributed by atoms with van der Waals surface area (Å²) in [4.78, 5) is 2.64. The summed E-state index contributed by atoms with van der Waals surface area (Å²) in [6, 6.07) is 9.98. The zero-order valence-corrected chi connectivity index (χ0v) is 12.3. The van der Waals surface area contributed by atoms with E-state index in [0.29, 0.717) is 5.02 Å². The predicted molar refractivity (Wildman–Crippen MR) is 80.1 cm³/mol. The monoisotopic (exact) mass is 293 g/mol. The number of hydrogen-bond acceptors (Lipinski definition) is 3. The quantitative estimate of drug-likeness (QED) is 0.885. The fraction of sp³-hybridized carbons (Fsp3) is 0.333. The van der Waals surface area contributed by atoms with Crippen molar-refractivity contribution in [3.8, 4) is 5.75 Å². The first kappa shape index (κ1) is 13.0. The van der Waals surface area contributed by atoms with E-state index >= 15 is 0 Å². The molecular weight excluding hydrogens is 278 g/mol. The molecule has 2 atom stereocenters. The van der Waals surface area contributed by atoms with Crippen LogP contribution < -0.4 is 10.5 Å². The Morgan fingerprint density at radius 2 is 2.21 bits per heavy atom. The van der Waals surface area contributed by atoms with Crippen LogP contribution in [0.5, 0.6) is 5.75 Å². The maximum absolute atomic E-state index is 6.25. The number of ether oxygens (including phenoxy) is 1. The number of benzene rings is 1. The minimum absolute atomic E-state index is 0.0142. The van der Waals surface area contributed by atoms with E-state index in [-0.39, 0.29) is 12.1 Å². The van der Waals surface area contributed by atoms with Crippen molar-refractivity contribution in [1.82, 2.24) is 0 Å². The topological polar surface area (TPSA) is 35.2 Å². The van der Waals surface area contributed by atoms with Crippen molar-refractivity contribution in [3.63, 3.8) is 0 Å². The third kappa shape index (κ3) is 2.50. The van der Waals surface area contributed by atoms with Crippen LogP contribution in [0, 0.1) is 0 Å². The van der Waals surface area contributed by atoms with Crippen LogP contribution in [-0.2, 0) is 6.42 Å². The van der Waals surface area contributed by atoms with E-state index in [2.05, 4.69) is 19.1 Å². The highest BCUT2D eigenvalue weighted by Crippen LogP contribution is 2.42. The largest absolute Gasteiger partial charge is 0.484 e. The van der Waals surface area contributed by atoms with Gasteiger partial charge in [0.2, 0.25) is 0 Å². The predicted octanol–water partition coefficient (Wildman–Crippen LogP) is 4.49. The Hall–Kier alpha value is -1.03. The second-order valence-corrected chi connectivity index (χ2v) is 6.42. The van der Waals surface area contributed by atoms with Gasteiger partial charge in [-0.3, -0.25) is 0 Å². The second kappa shape index (κ2) is 5.16. The summed E-state index contributed by atoms with van der Waals surface area (Å²) in [7, 11) is 0. The molecule has 2 N–H and O–H groups in total. The molecule has 0 bridgehead atoms. The molecule has 0 spiro atoms. The lowest BCUT2D eigenvalue weighted by Gasteiger charge is -2.29. The van der Waals surface area contributed by atoms with Gasteiger partial charge >= 0.3 is 0 Å². The first-order valence-electron chi connectivity index (χ1n) is 6.47. The summed E-state index contributed by atoms with van der Waals surface area (Å²) < 4.78 is 6.07. The molecule has 1 aromatic carbocycles. The Balaban J connectivity index is 1.90. The molecule has 0 fully saturated rings. The summed E-state index contributed by atoms with van der Waals surface area (Å²) in [5.41, 5.74) is 7.26. The van der Waals surface area contributed by atoms with Gasteiger partial charge in [0.1, 0.15) is 11.9 Å². The maximum Gasteiger partial charge on any atom is 0.135 e. The molecule has 1 aliphatic rings. The molecule has 0 amide bonds. The van der Waals surface area contributed by atoms with Crippen LogP contribution in [0.25, 0.3) is 0 Å². The van der Waals surface area contributed by atoms with Gasteiger partial charge in [-0.05, 0) is 36.8 Å². The Morgan fingerprint density at radius 1 is 1.37 bits per heavy atom. The molecule has 0 saturated carbocycles. The van der Waals surface area contributed by atoms with Gasteiger partial charge in [-0.15, -0.1) is 11.3 Å². The molecule has 0 saturated heterocycles. The lowest BCUT2D eigenvalue weighted by atomic mass is 9.96. The first-order valence-corrected chi connectivity index (χ1v) is 7.67. The molecule has 100 valence electrons. The highest BCUT2D eigenvalue weighted by Gasteiger charge is 2.28. The van der Waals surface area contributed by atoms with Crippen molar-refractivity contribution in [2.75, 3.05) is 0 Å². The zero-order valence-electron chi connectivity index (χ0n) is 10.7. The van der Waals surface area contributed by atoms with E-state index in [4.69, 9.17) is 22.1 Å². The normalized spacial score (nSPS) is 21.8. The van der Waals surface area contributed by atoms with Crippen LogP contribution in [-0.4, -0.2) is 0 Å². The van der Waals surface area contributed by atoms with Gasteiger partial charge < -0.3 is 10.5 Å². The molecule has 1 unspecified atom stereocenters. The minimum Gasteiger partial charge on any atom is -0.484 e. The van der Waals surface area contributed by atoms with Gasteiger partial charge in [-0.25, -0.2) is 0 Å². The van der Waals surface area contributed by atoms with Gasteiger partial charge in [-0.1, -0.05) is 18.5 Å². The van der Waals surface area contributed by atoms with Crippen LogP contribution in [0.15, 0.2) is 30.3 Å². The number of hydrogen-bond donors (Lipinski definition) is 1.